The molecule has 1 amide bonds. The lowest BCUT2D eigenvalue weighted by Crippen LogP contribution is -2.43. The summed E-state index contributed by atoms with van der Waals surface area (Å²) in [5.41, 5.74) is 7.48. The number of carbonyl (C=O) groups excluding carboxylic acids is 1. The van der Waals surface area contributed by atoms with E-state index in [-0.39, 0.29) is 12.3 Å². The van der Waals surface area contributed by atoms with Gasteiger partial charge in [0.25, 0.3) is 5.91 Å². The molecular weight excluding hydrogens is 336 g/mol. The number of anilines is 2. The van der Waals surface area contributed by atoms with Gasteiger partial charge in [0.1, 0.15) is 5.75 Å². The number of β-amino-alcohol motifs (C(OH)–C–C–N with tert-alkyl or cyclic N) is 1. The van der Waals surface area contributed by atoms with Crippen molar-refractivity contribution in [3.05, 3.63) is 53.8 Å². The first-order valence-electron chi connectivity index (χ1n) is 8.05. The Morgan fingerprint density at radius 2 is 2.00 bits per heavy atom. The van der Waals surface area contributed by atoms with Crippen LogP contribution < -0.4 is 20.1 Å². The van der Waals surface area contributed by atoms with Gasteiger partial charge in [-0.25, -0.2) is 0 Å². The van der Waals surface area contributed by atoms with Crippen molar-refractivity contribution in [2.24, 2.45) is 0 Å². The normalized spacial score (nSPS) is 16.2. The summed E-state index contributed by atoms with van der Waals surface area (Å²) in [7, 11) is 1.58. The van der Waals surface area contributed by atoms with Gasteiger partial charge >= 0.3 is 0 Å². The fourth-order valence-corrected chi connectivity index (χ4v) is 2.63. The largest absolute Gasteiger partial charge is 0.497 e. The van der Waals surface area contributed by atoms with E-state index in [1.54, 1.807) is 55.7 Å². The van der Waals surface area contributed by atoms with Crippen LogP contribution in [-0.2, 0) is 4.79 Å². The first kappa shape index (κ1) is 17.8. The highest BCUT2D eigenvalue weighted by atomic mass is 16.5. The average Bonchev–Trinajstić information content (AvgIpc) is 2.66. The maximum Gasteiger partial charge on any atom is 0.294 e. The number of carbonyl (C=O) groups is 1. The van der Waals surface area contributed by atoms with Crippen LogP contribution in [0.1, 0.15) is 5.56 Å². The van der Waals surface area contributed by atoms with E-state index in [0.29, 0.717) is 22.9 Å². The Kier molecular flexibility index (Phi) is 5.11. The predicted octanol–water partition coefficient (Wildman–Crippen LogP) is 1.40. The maximum atomic E-state index is 12.9. The number of rotatable bonds is 5. The smallest absolute Gasteiger partial charge is 0.294 e. The van der Waals surface area contributed by atoms with Crippen molar-refractivity contribution in [3.8, 4) is 11.5 Å². The minimum atomic E-state index is -1.08. The summed E-state index contributed by atoms with van der Waals surface area (Å²) in [6.45, 7) is -0.533. The molecule has 0 spiro atoms. The Labute approximate surface area is 150 Å². The zero-order valence-corrected chi connectivity index (χ0v) is 14.3. The van der Waals surface area contributed by atoms with Gasteiger partial charge in [-0.05, 0) is 42.0 Å². The van der Waals surface area contributed by atoms with Crippen LogP contribution in [0.3, 0.4) is 0 Å². The Hall–Kier alpha value is -3.03. The van der Waals surface area contributed by atoms with Crippen LogP contribution in [0.15, 0.2) is 48.2 Å². The van der Waals surface area contributed by atoms with Gasteiger partial charge in [-0.1, -0.05) is 12.1 Å². The Balaban J connectivity index is 1.98. The molecule has 0 saturated carbocycles. The minimum absolute atomic E-state index is 0.0743. The zero-order valence-electron chi connectivity index (χ0n) is 14.3. The summed E-state index contributed by atoms with van der Waals surface area (Å²) >= 11 is 0. The minimum Gasteiger partial charge on any atom is -0.497 e. The van der Waals surface area contributed by atoms with E-state index in [2.05, 4.69) is 0 Å². The first-order valence-corrected chi connectivity index (χ1v) is 8.05. The number of ether oxygens (including phenoxy) is 2. The van der Waals surface area contributed by atoms with Crippen molar-refractivity contribution in [2.75, 3.05) is 30.9 Å². The monoisotopic (exact) mass is 356 g/mol. The second-order valence-electron chi connectivity index (χ2n) is 5.86. The molecule has 7 heteroatoms. The number of nitrogens with zero attached hydrogens (tertiary/aromatic N) is 1. The molecule has 0 aliphatic carbocycles. The molecule has 1 aliphatic rings. The van der Waals surface area contributed by atoms with E-state index in [0.717, 1.165) is 5.56 Å². The van der Waals surface area contributed by atoms with Crippen LogP contribution in [0, 0.1) is 0 Å². The van der Waals surface area contributed by atoms with Gasteiger partial charge in [0, 0.05) is 5.69 Å². The lowest BCUT2D eigenvalue weighted by Gasteiger charge is -2.31. The number of methoxy groups -OCH3 is 1. The molecule has 1 aliphatic heterocycles. The number of amides is 1. The van der Waals surface area contributed by atoms with Crippen LogP contribution in [0.5, 0.6) is 11.5 Å². The van der Waals surface area contributed by atoms with Gasteiger partial charge < -0.3 is 25.4 Å². The van der Waals surface area contributed by atoms with E-state index in [1.165, 1.54) is 4.90 Å². The number of nitrogens with two attached hydrogens (primary N) is 1. The van der Waals surface area contributed by atoms with Crippen molar-refractivity contribution in [2.45, 2.75) is 6.10 Å². The summed E-state index contributed by atoms with van der Waals surface area (Å²) < 4.78 is 10.9. The lowest BCUT2D eigenvalue weighted by molar-refractivity contribution is -0.118. The molecule has 0 saturated heterocycles. The molecular formula is C19H20N2O5. The summed E-state index contributed by atoms with van der Waals surface area (Å²) in [5, 5.41) is 18.9. The fraction of sp³-hybridized carbons (Fsp3) is 0.211. The second-order valence-corrected chi connectivity index (χ2v) is 5.86. The molecule has 2 aromatic rings. The number of fused-ring (bicyclic) bond motifs is 1. The lowest BCUT2D eigenvalue weighted by atomic mass is 10.1. The first-order chi connectivity index (χ1) is 12.5. The quantitative estimate of drug-likeness (QED) is 0.552. The van der Waals surface area contributed by atoms with Crippen LogP contribution in [-0.4, -0.2) is 42.5 Å². The van der Waals surface area contributed by atoms with Crippen LogP contribution in [0.25, 0.3) is 6.08 Å². The number of hydrogen-bond acceptors (Lipinski definition) is 6. The van der Waals surface area contributed by atoms with Crippen molar-refractivity contribution in [1.82, 2.24) is 0 Å². The molecule has 0 fully saturated rings. The second kappa shape index (κ2) is 7.47. The highest BCUT2D eigenvalue weighted by Crippen LogP contribution is 2.37. The van der Waals surface area contributed by atoms with Gasteiger partial charge in [-0.3, -0.25) is 9.69 Å². The molecule has 1 atom stereocenters. The zero-order chi connectivity index (χ0) is 18.7. The van der Waals surface area contributed by atoms with Crippen molar-refractivity contribution < 1.29 is 24.5 Å². The highest BCUT2D eigenvalue weighted by molar-refractivity contribution is 6.10. The third kappa shape index (κ3) is 3.63. The van der Waals surface area contributed by atoms with E-state index in [1.807, 2.05) is 0 Å². The van der Waals surface area contributed by atoms with Gasteiger partial charge in [0.05, 0.1) is 32.1 Å². The number of hydrogen-bond donors (Lipinski definition) is 3. The summed E-state index contributed by atoms with van der Waals surface area (Å²) in [5.74, 6) is 0.837. The summed E-state index contributed by atoms with van der Waals surface area (Å²) in [4.78, 5) is 14.2. The number of nitrogen functional groups attached to an aromatic ring is 1. The predicted molar refractivity (Wildman–Crippen MR) is 97.9 cm³/mol. The third-order valence-corrected chi connectivity index (χ3v) is 3.97. The van der Waals surface area contributed by atoms with E-state index < -0.39 is 18.6 Å². The third-order valence-electron chi connectivity index (χ3n) is 3.97. The molecule has 0 bridgehead atoms. The van der Waals surface area contributed by atoms with Crippen molar-refractivity contribution >= 4 is 23.4 Å². The maximum absolute atomic E-state index is 12.9. The Bertz CT molecular complexity index is 832. The highest BCUT2D eigenvalue weighted by Gasteiger charge is 2.31. The fourth-order valence-electron chi connectivity index (χ4n) is 2.63. The van der Waals surface area contributed by atoms with E-state index in [9.17, 15) is 9.90 Å². The summed E-state index contributed by atoms with van der Waals surface area (Å²) in [6, 6.07) is 12.1. The van der Waals surface area contributed by atoms with Gasteiger partial charge in [-0.2, -0.15) is 0 Å². The number of aliphatic hydroxyl groups is 2. The Morgan fingerprint density at radius 3 is 2.65 bits per heavy atom. The molecule has 1 unspecified atom stereocenters. The van der Waals surface area contributed by atoms with Crippen LogP contribution in [0.2, 0.25) is 0 Å². The molecule has 7 nitrogen and oxygen atoms in total. The topological polar surface area (TPSA) is 105 Å². The molecule has 4 N–H and O–H groups in total. The van der Waals surface area contributed by atoms with E-state index in [4.69, 9.17) is 20.3 Å². The molecule has 136 valence electrons. The van der Waals surface area contributed by atoms with Crippen LogP contribution in [0.4, 0.5) is 11.4 Å². The van der Waals surface area contributed by atoms with Crippen LogP contribution >= 0.6 is 0 Å². The van der Waals surface area contributed by atoms with Crippen molar-refractivity contribution in [3.63, 3.8) is 0 Å². The van der Waals surface area contributed by atoms with Gasteiger partial charge in [-0.15, -0.1) is 0 Å². The van der Waals surface area contributed by atoms with Gasteiger partial charge in [0.15, 0.2) is 11.5 Å². The van der Waals surface area contributed by atoms with E-state index >= 15 is 0 Å². The van der Waals surface area contributed by atoms with Crippen molar-refractivity contribution in [1.29, 1.82) is 0 Å². The molecule has 2 aromatic carbocycles. The molecule has 0 radical (unpaired) electrons. The Morgan fingerprint density at radius 1 is 1.27 bits per heavy atom. The SMILES string of the molecule is COc1ccc(/C=C2/Oc3ccc(N)cc3N(CC(O)CO)C2=O)cc1. The molecule has 1 heterocycles. The summed E-state index contributed by atoms with van der Waals surface area (Å²) in [6.07, 6.45) is 0.535. The van der Waals surface area contributed by atoms with Gasteiger partial charge in [0.2, 0.25) is 0 Å². The molecule has 0 aromatic heterocycles. The number of aliphatic hydroxyl groups excluding tert-OH is 2. The average molecular weight is 356 g/mol. The number of benzene rings is 2. The standard InChI is InChI=1S/C19H20N2O5/c1-25-15-5-2-12(3-6-15)8-18-19(24)21(10-14(23)11-22)16-9-13(20)4-7-17(16)26-18/h2-9,14,22-23H,10-11,20H2,1H3/b18-8+. The molecule has 26 heavy (non-hydrogen) atoms. The molecule has 3 rings (SSSR count).